The quantitative estimate of drug-likeness (QED) is 0.591. The van der Waals surface area contributed by atoms with Crippen LogP contribution in [0.4, 0.5) is 0 Å². The van der Waals surface area contributed by atoms with E-state index >= 15 is 0 Å². The molecule has 0 radical (unpaired) electrons. The zero-order valence-corrected chi connectivity index (χ0v) is 12.2. The van der Waals surface area contributed by atoms with E-state index in [2.05, 4.69) is 10.6 Å². The van der Waals surface area contributed by atoms with Crippen molar-refractivity contribution in [2.75, 3.05) is 33.0 Å². The average molecular weight is 291 g/mol. The van der Waals surface area contributed by atoms with Crippen LogP contribution >= 0.6 is 24.2 Å². The number of amides is 1. The lowest BCUT2D eigenvalue weighted by Crippen LogP contribution is -2.31. The van der Waals surface area contributed by atoms with Gasteiger partial charge in [-0.25, -0.2) is 0 Å². The van der Waals surface area contributed by atoms with E-state index in [1.165, 1.54) is 11.8 Å². The van der Waals surface area contributed by atoms with E-state index in [4.69, 9.17) is 4.74 Å². The summed E-state index contributed by atoms with van der Waals surface area (Å²) in [5, 5.41) is 5.80. The van der Waals surface area contributed by atoms with E-state index in [1.54, 1.807) is 7.11 Å². The highest BCUT2D eigenvalue weighted by Gasteiger charge is 2.02. The predicted molar refractivity (Wildman–Crippen MR) is 77.9 cm³/mol. The molecule has 0 aliphatic carbocycles. The highest BCUT2D eigenvalue weighted by atomic mass is 35.5. The summed E-state index contributed by atoms with van der Waals surface area (Å²) in [6, 6.07) is 7.69. The molecule has 18 heavy (non-hydrogen) atoms. The third-order valence-corrected chi connectivity index (χ3v) is 3.10. The average Bonchev–Trinajstić information content (AvgIpc) is 2.37. The Kier molecular flexibility index (Phi) is 9.55. The molecule has 1 amide bonds. The molecule has 0 unspecified atom stereocenters. The van der Waals surface area contributed by atoms with E-state index in [1.807, 2.05) is 31.3 Å². The van der Waals surface area contributed by atoms with Gasteiger partial charge < -0.3 is 15.4 Å². The summed E-state index contributed by atoms with van der Waals surface area (Å²) < 4.78 is 5.12. The van der Waals surface area contributed by atoms with Gasteiger partial charge in [-0.3, -0.25) is 4.79 Å². The minimum Gasteiger partial charge on any atom is -0.497 e. The second-order valence-electron chi connectivity index (χ2n) is 3.42. The lowest BCUT2D eigenvalue weighted by atomic mass is 10.3. The van der Waals surface area contributed by atoms with E-state index in [0.29, 0.717) is 12.3 Å². The lowest BCUT2D eigenvalue weighted by molar-refractivity contribution is -0.118. The van der Waals surface area contributed by atoms with E-state index in [-0.39, 0.29) is 18.3 Å². The first-order valence-electron chi connectivity index (χ1n) is 5.44. The first-order valence-corrected chi connectivity index (χ1v) is 6.43. The predicted octanol–water partition coefficient (Wildman–Crippen LogP) is 1.54. The molecule has 2 N–H and O–H groups in total. The van der Waals surface area contributed by atoms with Gasteiger partial charge in [-0.2, -0.15) is 0 Å². The molecule has 0 saturated heterocycles. The molecule has 0 saturated carbocycles. The van der Waals surface area contributed by atoms with Crippen LogP contribution in [-0.4, -0.2) is 38.9 Å². The van der Waals surface area contributed by atoms with Gasteiger partial charge in [0, 0.05) is 18.0 Å². The fourth-order valence-corrected chi connectivity index (χ4v) is 1.99. The lowest BCUT2D eigenvalue weighted by Gasteiger charge is -2.05. The van der Waals surface area contributed by atoms with Crippen molar-refractivity contribution in [2.24, 2.45) is 0 Å². The Morgan fingerprint density at radius 3 is 2.83 bits per heavy atom. The number of rotatable bonds is 7. The van der Waals surface area contributed by atoms with Crippen LogP contribution in [0.25, 0.3) is 0 Å². The maximum atomic E-state index is 11.5. The van der Waals surface area contributed by atoms with Gasteiger partial charge in [0.15, 0.2) is 0 Å². The molecular weight excluding hydrogens is 272 g/mol. The van der Waals surface area contributed by atoms with Crippen LogP contribution < -0.4 is 15.4 Å². The van der Waals surface area contributed by atoms with Crippen molar-refractivity contribution in [1.29, 1.82) is 0 Å². The number of benzene rings is 1. The summed E-state index contributed by atoms with van der Waals surface area (Å²) in [6.45, 7) is 1.45. The van der Waals surface area contributed by atoms with Crippen molar-refractivity contribution in [3.63, 3.8) is 0 Å². The third-order valence-electron chi connectivity index (χ3n) is 2.11. The minimum atomic E-state index is 0. The minimum absolute atomic E-state index is 0. The number of ether oxygens (including phenoxy) is 1. The van der Waals surface area contributed by atoms with E-state index in [0.717, 1.165) is 17.2 Å². The highest BCUT2D eigenvalue weighted by Crippen LogP contribution is 2.22. The standard InChI is InChI=1S/C12H18N2O2S.ClH/c1-13-6-7-14-12(15)9-17-11-5-3-4-10(8-11)16-2;/h3-5,8,13H,6-7,9H2,1-2H3,(H,14,15);1H. The van der Waals surface area contributed by atoms with Crippen molar-refractivity contribution in [3.8, 4) is 5.75 Å². The molecule has 1 rings (SSSR count). The zero-order valence-electron chi connectivity index (χ0n) is 10.6. The molecule has 1 aromatic rings. The van der Waals surface area contributed by atoms with Gasteiger partial charge in [0.05, 0.1) is 12.9 Å². The van der Waals surface area contributed by atoms with Crippen molar-refractivity contribution in [1.82, 2.24) is 10.6 Å². The largest absolute Gasteiger partial charge is 0.497 e. The Balaban J connectivity index is 0.00000289. The molecule has 0 heterocycles. The van der Waals surface area contributed by atoms with Gasteiger partial charge in [-0.05, 0) is 25.2 Å². The number of carbonyl (C=O) groups is 1. The molecule has 0 fully saturated rings. The number of likely N-dealkylation sites (N-methyl/N-ethyl adjacent to an activating group) is 1. The summed E-state index contributed by atoms with van der Waals surface area (Å²) in [5.41, 5.74) is 0. The highest BCUT2D eigenvalue weighted by molar-refractivity contribution is 8.00. The van der Waals surface area contributed by atoms with Gasteiger partial charge >= 0.3 is 0 Å². The van der Waals surface area contributed by atoms with Crippen LogP contribution in [0.1, 0.15) is 0 Å². The van der Waals surface area contributed by atoms with Crippen molar-refractivity contribution < 1.29 is 9.53 Å². The molecular formula is C12H19ClN2O2S. The monoisotopic (exact) mass is 290 g/mol. The molecule has 0 spiro atoms. The first kappa shape index (κ1) is 17.1. The second-order valence-corrected chi connectivity index (χ2v) is 4.47. The van der Waals surface area contributed by atoms with Crippen molar-refractivity contribution in [2.45, 2.75) is 4.90 Å². The number of carbonyl (C=O) groups excluding carboxylic acids is 1. The fourth-order valence-electron chi connectivity index (χ4n) is 1.22. The maximum absolute atomic E-state index is 11.5. The molecule has 102 valence electrons. The molecule has 0 aliphatic heterocycles. The number of hydrogen-bond donors (Lipinski definition) is 2. The molecule has 0 aromatic heterocycles. The summed E-state index contributed by atoms with van der Waals surface area (Å²) in [6.07, 6.45) is 0. The van der Waals surface area contributed by atoms with Gasteiger partial charge in [0.1, 0.15) is 5.75 Å². The van der Waals surface area contributed by atoms with Gasteiger partial charge in [-0.1, -0.05) is 6.07 Å². The topological polar surface area (TPSA) is 50.4 Å². The Labute approximate surface area is 118 Å². The SMILES string of the molecule is CNCCNC(=O)CSc1cccc(OC)c1.Cl. The Morgan fingerprint density at radius 1 is 1.39 bits per heavy atom. The van der Waals surface area contributed by atoms with Gasteiger partial charge in [0.2, 0.25) is 5.91 Å². The van der Waals surface area contributed by atoms with E-state index in [9.17, 15) is 4.79 Å². The normalized spacial score (nSPS) is 9.44. The molecule has 0 aliphatic rings. The van der Waals surface area contributed by atoms with Crippen LogP contribution in [-0.2, 0) is 4.79 Å². The maximum Gasteiger partial charge on any atom is 0.230 e. The summed E-state index contributed by atoms with van der Waals surface area (Å²) in [4.78, 5) is 12.5. The number of nitrogens with one attached hydrogen (secondary N) is 2. The van der Waals surface area contributed by atoms with Crippen LogP contribution in [0, 0.1) is 0 Å². The van der Waals surface area contributed by atoms with Crippen LogP contribution in [0.15, 0.2) is 29.2 Å². The molecule has 1 aromatic carbocycles. The van der Waals surface area contributed by atoms with Crippen molar-refractivity contribution in [3.05, 3.63) is 24.3 Å². The van der Waals surface area contributed by atoms with Gasteiger partial charge in [0.25, 0.3) is 0 Å². The number of thioether (sulfide) groups is 1. The molecule has 6 heteroatoms. The summed E-state index contributed by atoms with van der Waals surface area (Å²) >= 11 is 1.50. The fraction of sp³-hybridized carbons (Fsp3) is 0.417. The van der Waals surface area contributed by atoms with Crippen LogP contribution in [0.3, 0.4) is 0 Å². The summed E-state index contributed by atoms with van der Waals surface area (Å²) in [7, 11) is 3.49. The Bertz CT molecular complexity index is 364. The molecule has 0 bridgehead atoms. The number of halogens is 1. The Morgan fingerprint density at radius 2 is 2.17 bits per heavy atom. The second kappa shape index (κ2) is 10.1. The zero-order chi connectivity index (χ0) is 12.5. The Hall–Kier alpha value is -0.910. The van der Waals surface area contributed by atoms with E-state index < -0.39 is 0 Å². The summed E-state index contributed by atoms with van der Waals surface area (Å²) in [5.74, 6) is 1.29. The van der Waals surface area contributed by atoms with Gasteiger partial charge in [-0.15, -0.1) is 24.2 Å². The van der Waals surface area contributed by atoms with Crippen molar-refractivity contribution >= 4 is 30.1 Å². The van der Waals surface area contributed by atoms with Crippen LogP contribution in [0.5, 0.6) is 5.75 Å². The molecule has 4 nitrogen and oxygen atoms in total. The molecule has 0 atom stereocenters. The first-order chi connectivity index (χ1) is 8.26. The third kappa shape index (κ3) is 6.74. The number of methoxy groups -OCH3 is 1. The van der Waals surface area contributed by atoms with Crippen LogP contribution in [0.2, 0.25) is 0 Å². The number of hydrogen-bond acceptors (Lipinski definition) is 4. The smallest absolute Gasteiger partial charge is 0.230 e.